The lowest BCUT2D eigenvalue weighted by atomic mass is 10.2. The molecule has 21 heavy (non-hydrogen) atoms. The highest BCUT2D eigenvalue weighted by molar-refractivity contribution is 9.10. The molecule has 0 unspecified atom stereocenters. The SMILES string of the molecule is CCOCCCCNC(=NC)NCc1cc(Br)ccc1F. The number of ether oxygens (including phenoxy) is 1. The van der Waals surface area contributed by atoms with Crippen molar-refractivity contribution in [1.29, 1.82) is 0 Å². The summed E-state index contributed by atoms with van der Waals surface area (Å²) >= 11 is 3.34. The lowest BCUT2D eigenvalue weighted by Crippen LogP contribution is -2.37. The standard InChI is InChI=1S/C15H23BrFN3O/c1-3-21-9-5-4-8-19-15(18-2)20-11-12-10-13(16)6-7-14(12)17/h6-7,10H,3-5,8-9,11H2,1-2H3,(H2,18,19,20). The van der Waals surface area contributed by atoms with Gasteiger partial charge < -0.3 is 15.4 Å². The summed E-state index contributed by atoms with van der Waals surface area (Å²) in [7, 11) is 1.70. The molecule has 1 aromatic rings. The Morgan fingerprint density at radius 1 is 1.33 bits per heavy atom. The molecule has 1 aromatic carbocycles. The van der Waals surface area contributed by atoms with Crippen molar-refractivity contribution in [1.82, 2.24) is 10.6 Å². The zero-order valence-corrected chi connectivity index (χ0v) is 14.2. The molecule has 0 spiro atoms. The van der Waals surface area contributed by atoms with Crippen molar-refractivity contribution in [2.24, 2.45) is 4.99 Å². The zero-order valence-electron chi connectivity index (χ0n) is 12.6. The lowest BCUT2D eigenvalue weighted by Gasteiger charge is -2.12. The van der Waals surface area contributed by atoms with E-state index in [1.807, 2.05) is 6.92 Å². The van der Waals surface area contributed by atoms with E-state index in [4.69, 9.17) is 4.74 Å². The van der Waals surface area contributed by atoms with Gasteiger partial charge in [0.15, 0.2) is 5.96 Å². The number of halogens is 2. The third-order valence-electron chi connectivity index (χ3n) is 2.89. The fraction of sp³-hybridized carbons (Fsp3) is 0.533. The smallest absolute Gasteiger partial charge is 0.191 e. The van der Waals surface area contributed by atoms with Gasteiger partial charge in [-0.15, -0.1) is 0 Å². The first-order valence-corrected chi connectivity index (χ1v) is 7.92. The van der Waals surface area contributed by atoms with E-state index >= 15 is 0 Å². The highest BCUT2D eigenvalue weighted by Gasteiger charge is 2.04. The average Bonchev–Trinajstić information content (AvgIpc) is 2.49. The number of hydrogen-bond donors (Lipinski definition) is 2. The van der Waals surface area contributed by atoms with Crippen molar-refractivity contribution in [3.63, 3.8) is 0 Å². The van der Waals surface area contributed by atoms with E-state index in [2.05, 4.69) is 31.6 Å². The first kappa shape index (κ1) is 17.9. The van der Waals surface area contributed by atoms with Crippen LogP contribution in [0.4, 0.5) is 4.39 Å². The van der Waals surface area contributed by atoms with Gasteiger partial charge in [-0.3, -0.25) is 4.99 Å². The van der Waals surface area contributed by atoms with E-state index in [0.717, 1.165) is 37.1 Å². The molecule has 0 radical (unpaired) electrons. The maximum absolute atomic E-state index is 13.6. The van der Waals surface area contributed by atoms with Crippen LogP contribution in [0.5, 0.6) is 0 Å². The summed E-state index contributed by atoms with van der Waals surface area (Å²) in [6, 6.07) is 4.90. The van der Waals surface area contributed by atoms with Crippen LogP contribution in [0, 0.1) is 5.82 Å². The molecule has 0 aliphatic heterocycles. The summed E-state index contributed by atoms with van der Waals surface area (Å²) in [5.41, 5.74) is 0.601. The van der Waals surface area contributed by atoms with Gasteiger partial charge in [0.1, 0.15) is 5.82 Å². The minimum absolute atomic E-state index is 0.224. The summed E-state index contributed by atoms with van der Waals surface area (Å²) in [6.45, 7) is 4.74. The molecule has 2 N–H and O–H groups in total. The second-order valence-electron chi connectivity index (χ2n) is 4.49. The van der Waals surface area contributed by atoms with Crippen molar-refractivity contribution in [3.8, 4) is 0 Å². The molecular weight excluding hydrogens is 337 g/mol. The van der Waals surface area contributed by atoms with Crippen LogP contribution in [0.25, 0.3) is 0 Å². The largest absolute Gasteiger partial charge is 0.382 e. The molecule has 0 bridgehead atoms. The average molecular weight is 360 g/mol. The second-order valence-corrected chi connectivity index (χ2v) is 5.41. The Bertz CT molecular complexity index is 455. The maximum Gasteiger partial charge on any atom is 0.191 e. The van der Waals surface area contributed by atoms with Gasteiger partial charge in [0.2, 0.25) is 0 Å². The number of guanidine groups is 1. The molecular formula is C15H23BrFN3O. The minimum atomic E-state index is -0.224. The Hall–Kier alpha value is -1.14. The Kier molecular flexibility index (Phi) is 9.01. The van der Waals surface area contributed by atoms with Gasteiger partial charge in [-0.1, -0.05) is 15.9 Å². The van der Waals surface area contributed by atoms with Crippen LogP contribution < -0.4 is 10.6 Å². The fourth-order valence-corrected chi connectivity index (χ4v) is 2.17. The van der Waals surface area contributed by atoms with Crippen LogP contribution in [0.3, 0.4) is 0 Å². The van der Waals surface area contributed by atoms with Crippen LogP contribution in [-0.2, 0) is 11.3 Å². The molecule has 118 valence electrons. The molecule has 6 heteroatoms. The van der Waals surface area contributed by atoms with Crippen LogP contribution in [0.1, 0.15) is 25.3 Å². The molecule has 0 aromatic heterocycles. The predicted molar refractivity (Wildman–Crippen MR) is 88.0 cm³/mol. The number of nitrogens with zero attached hydrogens (tertiary/aromatic N) is 1. The number of hydrogen-bond acceptors (Lipinski definition) is 2. The highest BCUT2D eigenvalue weighted by Crippen LogP contribution is 2.15. The van der Waals surface area contributed by atoms with E-state index in [1.54, 1.807) is 19.2 Å². The molecule has 0 saturated carbocycles. The monoisotopic (exact) mass is 359 g/mol. The lowest BCUT2D eigenvalue weighted by molar-refractivity contribution is 0.143. The van der Waals surface area contributed by atoms with Crippen LogP contribution in [-0.4, -0.2) is 32.8 Å². The predicted octanol–water partition coefficient (Wildman–Crippen LogP) is 3.07. The third-order valence-corrected chi connectivity index (χ3v) is 3.38. The molecule has 1 rings (SSSR count). The summed E-state index contributed by atoms with van der Waals surface area (Å²) < 4.78 is 19.8. The van der Waals surface area contributed by atoms with Crippen molar-refractivity contribution in [2.45, 2.75) is 26.3 Å². The van der Waals surface area contributed by atoms with Crippen LogP contribution in [0.15, 0.2) is 27.7 Å². The van der Waals surface area contributed by atoms with Gasteiger partial charge in [-0.25, -0.2) is 4.39 Å². The van der Waals surface area contributed by atoms with Crippen molar-refractivity contribution < 1.29 is 9.13 Å². The normalized spacial score (nSPS) is 11.5. The Balaban J connectivity index is 2.30. The van der Waals surface area contributed by atoms with Crippen molar-refractivity contribution >= 4 is 21.9 Å². The zero-order chi connectivity index (χ0) is 15.5. The summed E-state index contributed by atoms with van der Waals surface area (Å²) in [4.78, 5) is 4.12. The summed E-state index contributed by atoms with van der Waals surface area (Å²) in [5, 5.41) is 6.30. The van der Waals surface area contributed by atoms with Crippen molar-refractivity contribution in [2.75, 3.05) is 26.8 Å². The van der Waals surface area contributed by atoms with E-state index in [1.165, 1.54) is 6.07 Å². The molecule has 0 aliphatic rings. The Morgan fingerprint density at radius 3 is 2.86 bits per heavy atom. The molecule has 4 nitrogen and oxygen atoms in total. The van der Waals surface area contributed by atoms with Gasteiger partial charge in [0.25, 0.3) is 0 Å². The highest BCUT2D eigenvalue weighted by atomic mass is 79.9. The van der Waals surface area contributed by atoms with Gasteiger partial charge in [0.05, 0.1) is 0 Å². The molecule has 0 heterocycles. The number of unbranched alkanes of at least 4 members (excludes halogenated alkanes) is 1. The Labute approximate surface area is 134 Å². The topological polar surface area (TPSA) is 45.6 Å². The van der Waals surface area contributed by atoms with Crippen LogP contribution in [0.2, 0.25) is 0 Å². The van der Waals surface area contributed by atoms with E-state index < -0.39 is 0 Å². The molecule has 0 fully saturated rings. The van der Waals surface area contributed by atoms with Gasteiger partial charge >= 0.3 is 0 Å². The molecule has 0 aliphatic carbocycles. The number of nitrogens with one attached hydrogen (secondary N) is 2. The quantitative estimate of drug-likeness (QED) is 0.426. The third kappa shape index (κ3) is 7.43. The first-order chi connectivity index (χ1) is 10.2. The Morgan fingerprint density at radius 2 is 2.14 bits per heavy atom. The van der Waals surface area contributed by atoms with Gasteiger partial charge in [-0.2, -0.15) is 0 Å². The number of benzene rings is 1. The van der Waals surface area contributed by atoms with E-state index in [-0.39, 0.29) is 5.82 Å². The molecule has 0 amide bonds. The van der Waals surface area contributed by atoms with Crippen molar-refractivity contribution in [3.05, 3.63) is 34.1 Å². The number of aliphatic imine (C=N–C) groups is 1. The van der Waals surface area contributed by atoms with Crippen LogP contribution >= 0.6 is 15.9 Å². The maximum atomic E-state index is 13.6. The first-order valence-electron chi connectivity index (χ1n) is 7.13. The summed E-state index contributed by atoms with van der Waals surface area (Å²) in [5.74, 6) is 0.448. The summed E-state index contributed by atoms with van der Waals surface area (Å²) in [6.07, 6.45) is 2.02. The van der Waals surface area contributed by atoms with Gasteiger partial charge in [0, 0.05) is 43.4 Å². The van der Waals surface area contributed by atoms with E-state index in [0.29, 0.717) is 18.1 Å². The minimum Gasteiger partial charge on any atom is -0.382 e. The van der Waals surface area contributed by atoms with E-state index in [9.17, 15) is 4.39 Å². The molecule has 0 saturated heterocycles. The van der Waals surface area contributed by atoms with Gasteiger partial charge in [-0.05, 0) is 38.0 Å². The number of rotatable bonds is 8. The fourth-order valence-electron chi connectivity index (χ4n) is 1.76. The second kappa shape index (κ2) is 10.6. The molecule has 0 atom stereocenters.